The molecule has 0 bridgehead atoms. The van der Waals surface area contributed by atoms with Gasteiger partial charge < -0.3 is 19.9 Å². The van der Waals surface area contributed by atoms with Crippen LogP contribution in [0.15, 0.2) is 60.9 Å². The number of halogens is 4. The number of aromatic nitrogens is 3. The Bertz CT molecular complexity index is 2170. The molecule has 0 saturated carbocycles. The first-order valence-electron chi connectivity index (χ1n) is 18.7. The largest absolute Gasteiger partial charge is 0.487 e. The van der Waals surface area contributed by atoms with Gasteiger partial charge in [-0.05, 0) is 74.8 Å². The van der Waals surface area contributed by atoms with Crippen molar-refractivity contribution in [1.82, 2.24) is 35.2 Å². The van der Waals surface area contributed by atoms with Crippen LogP contribution in [-0.2, 0) is 22.7 Å². The number of aromatic amines is 1. The average Bonchev–Trinajstić information content (AvgIpc) is 3.85. The number of piperidine rings is 2. The van der Waals surface area contributed by atoms with Crippen molar-refractivity contribution < 1.29 is 37.1 Å². The number of rotatable bonds is 10. The molecule has 0 spiro atoms. The van der Waals surface area contributed by atoms with Gasteiger partial charge in [-0.1, -0.05) is 6.07 Å². The van der Waals surface area contributed by atoms with Crippen LogP contribution in [0, 0.1) is 5.82 Å². The molecular formula is C39H39ClF3N9O5. The van der Waals surface area contributed by atoms with Crippen molar-refractivity contribution in [3.8, 4) is 17.0 Å². The third kappa shape index (κ3) is 8.31. The zero-order valence-electron chi connectivity index (χ0n) is 30.6. The Kier molecular flexibility index (Phi) is 10.6. The number of fused-ring (bicyclic) bond motifs is 1. The summed E-state index contributed by atoms with van der Waals surface area (Å²) in [7, 11) is 0. The second kappa shape index (κ2) is 15.8. The molecule has 18 heteroatoms. The van der Waals surface area contributed by atoms with Crippen LogP contribution in [-0.4, -0.2) is 110 Å². The molecule has 1 unspecified atom stereocenters. The summed E-state index contributed by atoms with van der Waals surface area (Å²) in [5, 5.41) is 12.1. The highest BCUT2D eigenvalue weighted by Gasteiger charge is 2.41. The monoisotopic (exact) mass is 805 g/mol. The molecule has 2 aromatic carbocycles. The van der Waals surface area contributed by atoms with Crippen LogP contribution in [0.2, 0.25) is 0 Å². The standard InChI is InChI=1S/C39H39ClF3N9O5/c40-39(42,43)57-27-4-2-25(3-5-27)46-36(54)24-19-29(31-9-12-45-48-31)35(44-20-24)51-17-15-50(16-18-51)26-10-13-49(14-11-26)21-23-1-6-28-30(34(23)41)22-52(38(28)56)32-7-8-33(53)47-37(32)55/h1-6,9,12,19-20,26,32H,7-8,10-11,13-18,21-22H2,(H,45,48)(H,46,54)(H,47,53,55). The number of nitrogens with one attached hydrogen (secondary N) is 3. The number of amides is 4. The number of hydrogen-bond acceptors (Lipinski definition) is 10. The Balaban J connectivity index is 0.855. The molecule has 6 heterocycles. The first kappa shape index (κ1) is 38.4. The molecule has 3 saturated heterocycles. The molecule has 8 rings (SSSR count). The Morgan fingerprint density at radius 1 is 0.965 bits per heavy atom. The van der Waals surface area contributed by atoms with Crippen LogP contribution in [0.1, 0.15) is 57.5 Å². The highest BCUT2D eigenvalue weighted by Crippen LogP contribution is 2.33. The molecule has 2 aromatic heterocycles. The van der Waals surface area contributed by atoms with Gasteiger partial charge in [0.05, 0.1) is 17.8 Å². The average molecular weight is 806 g/mol. The van der Waals surface area contributed by atoms with Crippen LogP contribution in [0.25, 0.3) is 11.3 Å². The predicted molar refractivity (Wildman–Crippen MR) is 202 cm³/mol. The minimum absolute atomic E-state index is 0.00304. The molecule has 3 N–H and O–H groups in total. The van der Waals surface area contributed by atoms with E-state index >= 15 is 4.39 Å². The minimum Gasteiger partial charge on any atom is -0.420 e. The number of anilines is 2. The van der Waals surface area contributed by atoms with Gasteiger partial charge in [0.2, 0.25) is 11.8 Å². The molecule has 0 aliphatic carbocycles. The maximum Gasteiger partial charge on any atom is 0.487 e. The van der Waals surface area contributed by atoms with Crippen LogP contribution in [0.5, 0.6) is 5.75 Å². The van der Waals surface area contributed by atoms with E-state index in [0.29, 0.717) is 65.1 Å². The van der Waals surface area contributed by atoms with Gasteiger partial charge in [0.15, 0.2) is 0 Å². The number of carbonyl (C=O) groups is 4. The Labute approximate surface area is 330 Å². The van der Waals surface area contributed by atoms with Gasteiger partial charge in [0.25, 0.3) is 11.8 Å². The van der Waals surface area contributed by atoms with Gasteiger partial charge >= 0.3 is 5.57 Å². The summed E-state index contributed by atoms with van der Waals surface area (Å²) in [5.41, 5.74) is -0.688. The fraction of sp³-hybridized carbons (Fsp3) is 0.385. The van der Waals surface area contributed by atoms with E-state index in [1.54, 1.807) is 24.4 Å². The van der Waals surface area contributed by atoms with Crippen LogP contribution in [0.3, 0.4) is 0 Å². The van der Waals surface area contributed by atoms with E-state index in [1.807, 2.05) is 6.07 Å². The number of carbonyl (C=O) groups excluding carboxylic acids is 4. The van der Waals surface area contributed by atoms with Crippen molar-refractivity contribution in [2.75, 3.05) is 49.5 Å². The molecule has 57 heavy (non-hydrogen) atoms. The number of piperazine rings is 1. The van der Waals surface area contributed by atoms with Crippen molar-refractivity contribution in [3.05, 3.63) is 89.0 Å². The zero-order valence-corrected chi connectivity index (χ0v) is 31.4. The van der Waals surface area contributed by atoms with E-state index in [1.165, 1.54) is 35.4 Å². The Morgan fingerprint density at radius 2 is 1.72 bits per heavy atom. The Morgan fingerprint density at radius 3 is 2.40 bits per heavy atom. The summed E-state index contributed by atoms with van der Waals surface area (Å²) >= 11 is 4.83. The normalized spacial score (nSPS) is 19.8. The molecule has 1 atom stereocenters. The zero-order chi connectivity index (χ0) is 39.8. The van der Waals surface area contributed by atoms with Crippen molar-refractivity contribution in [2.45, 2.75) is 56.4 Å². The number of benzene rings is 2. The first-order chi connectivity index (χ1) is 27.4. The van der Waals surface area contributed by atoms with Crippen LogP contribution < -0.4 is 20.3 Å². The number of hydrogen-bond donors (Lipinski definition) is 3. The van der Waals surface area contributed by atoms with Crippen molar-refractivity contribution >= 4 is 46.7 Å². The van der Waals surface area contributed by atoms with Gasteiger partial charge in [-0.15, -0.1) is 8.78 Å². The lowest BCUT2D eigenvalue weighted by atomic mass is 10.00. The van der Waals surface area contributed by atoms with Gasteiger partial charge in [-0.25, -0.2) is 9.37 Å². The summed E-state index contributed by atoms with van der Waals surface area (Å²) in [6, 6.07) is 11.8. The number of imide groups is 1. The number of pyridine rings is 1. The summed E-state index contributed by atoms with van der Waals surface area (Å²) in [6.07, 6.45) is 5.34. The fourth-order valence-electron chi connectivity index (χ4n) is 8.14. The number of nitrogens with zero attached hydrogens (tertiary/aromatic N) is 6. The molecule has 298 valence electrons. The highest BCUT2D eigenvalue weighted by molar-refractivity contribution is 6.20. The van der Waals surface area contributed by atoms with E-state index < -0.39 is 35.1 Å². The van der Waals surface area contributed by atoms with E-state index in [4.69, 9.17) is 16.6 Å². The van der Waals surface area contributed by atoms with E-state index in [2.05, 4.69) is 40.3 Å². The number of alkyl halides is 3. The minimum atomic E-state index is -3.85. The second-order valence-corrected chi connectivity index (χ2v) is 15.0. The fourth-order valence-corrected chi connectivity index (χ4v) is 8.23. The highest BCUT2D eigenvalue weighted by atomic mass is 35.5. The van der Waals surface area contributed by atoms with Crippen LogP contribution >= 0.6 is 11.6 Å². The molecule has 0 radical (unpaired) electrons. The summed E-state index contributed by atoms with van der Waals surface area (Å²) in [6.45, 7) is 5.04. The van der Waals surface area contributed by atoms with E-state index in [0.717, 1.165) is 39.0 Å². The summed E-state index contributed by atoms with van der Waals surface area (Å²) in [5.74, 6) is -1.57. The van der Waals surface area contributed by atoms with Crippen molar-refractivity contribution in [2.24, 2.45) is 0 Å². The number of H-pyrrole nitrogens is 1. The van der Waals surface area contributed by atoms with Gasteiger partial charge in [-0.3, -0.25) is 39.4 Å². The Hall–Kier alpha value is -5.52. The van der Waals surface area contributed by atoms with E-state index in [-0.39, 0.29) is 36.6 Å². The maximum atomic E-state index is 15.8. The van der Waals surface area contributed by atoms with Crippen molar-refractivity contribution in [1.29, 1.82) is 0 Å². The third-order valence-corrected chi connectivity index (χ3v) is 11.2. The SMILES string of the molecule is O=C1CCC(N2Cc3c(ccc(CN4CCC(N5CCN(c6ncc(C(=O)Nc7ccc(OC(F)(F)Cl)cc7)cc6-c6ccn[nH]6)CC5)CC4)c3F)C2=O)C(=O)N1. The lowest BCUT2D eigenvalue weighted by Crippen LogP contribution is -2.53. The quantitative estimate of drug-likeness (QED) is 0.153. The van der Waals surface area contributed by atoms with Crippen LogP contribution in [0.4, 0.5) is 24.7 Å². The maximum absolute atomic E-state index is 15.8. The lowest BCUT2D eigenvalue weighted by Gasteiger charge is -2.43. The molecule has 4 aliphatic heterocycles. The van der Waals surface area contributed by atoms with Gasteiger partial charge in [0.1, 0.15) is 23.4 Å². The third-order valence-electron chi connectivity index (χ3n) is 11.1. The molecule has 4 aromatic rings. The number of likely N-dealkylation sites (tertiary alicyclic amines) is 1. The molecule has 4 aliphatic rings. The van der Waals surface area contributed by atoms with Gasteiger partial charge in [0, 0.05) is 97.1 Å². The molecule has 14 nitrogen and oxygen atoms in total. The second-order valence-electron chi connectivity index (χ2n) is 14.6. The predicted octanol–water partition coefficient (Wildman–Crippen LogP) is 4.58. The smallest absolute Gasteiger partial charge is 0.420 e. The topological polar surface area (TPSA) is 156 Å². The van der Waals surface area contributed by atoms with Crippen molar-refractivity contribution in [3.63, 3.8) is 0 Å². The molecular weight excluding hydrogens is 767 g/mol. The van der Waals surface area contributed by atoms with Gasteiger partial charge in [-0.2, -0.15) is 5.10 Å². The lowest BCUT2D eigenvalue weighted by molar-refractivity contribution is -0.136. The molecule has 3 fully saturated rings. The first-order valence-corrected chi connectivity index (χ1v) is 19.1. The summed E-state index contributed by atoms with van der Waals surface area (Å²) in [4.78, 5) is 63.3. The molecule has 4 amide bonds. The number of ether oxygens (including phenoxy) is 1. The summed E-state index contributed by atoms with van der Waals surface area (Å²) < 4.78 is 46.1. The van der Waals surface area contributed by atoms with E-state index in [9.17, 15) is 28.0 Å².